The molecule has 1 saturated heterocycles. The first kappa shape index (κ1) is 21.5. The molecule has 1 aromatic heterocycles. The Balaban J connectivity index is 1.75. The molecule has 0 radical (unpaired) electrons. The molecular weight excluding hydrogens is 366 g/mol. The summed E-state index contributed by atoms with van der Waals surface area (Å²) < 4.78 is 1.86. The number of likely N-dealkylation sites (tertiary alicyclic amines) is 1. The molecule has 3 rings (SSSR count). The summed E-state index contributed by atoms with van der Waals surface area (Å²) in [6.07, 6.45) is 2.23. The zero-order valence-electron chi connectivity index (χ0n) is 17.8. The van der Waals surface area contributed by atoms with E-state index in [9.17, 15) is 9.90 Å². The summed E-state index contributed by atoms with van der Waals surface area (Å²) in [7, 11) is 0. The monoisotopic (exact) mass is 399 g/mol. The Bertz CT molecular complexity index is 848. The number of aromatic nitrogens is 1. The molecule has 0 unspecified atom stereocenters. The van der Waals surface area contributed by atoms with E-state index in [1.54, 1.807) is 0 Å². The second-order valence-corrected chi connectivity index (χ2v) is 7.92. The number of benzene rings is 1. The molecule has 158 valence electrons. The molecule has 0 spiro atoms. The van der Waals surface area contributed by atoms with E-state index in [2.05, 4.69) is 40.8 Å². The minimum Gasteiger partial charge on any atom is -0.493 e. The smallest absolute Gasteiger partial charge is 0.278 e. The zero-order chi connectivity index (χ0) is 20.8. The molecule has 1 amide bonds. The van der Waals surface area contributed by atoms with Crippen molar-refractivity contribution in [2.24, 2.45) is 16.1 Å². The van der Waals surface area contributed by atoms with Gasteiger partial charge in [-0.25, -0.2) is 0 Å². The summed E-state index contributed by atoms with van der Waals surface area (Å²) in [5.41, 5.74) is 1.28. The van der Waals surface area contributed by atoms with Crippen LogP contribution in [0.25, 0.3) is 10.9 Å². The van der Waals surface area contributed by atoms with E-state index >= 15 is 0 Å². The maximum absolute atomic E-state index is 12.3. The molecule has 0 aliphatic carbocycles. The lowest BCUT2D eigenvalue weighted by atomic mass is 9.99. The fraction of sp³-hybridized carbons (Fsp3) is 0.591. The lowest BCUT2D eigenvalue weighted by Crippen LogP contribution is -2.36. The maximum atomic E-state index is 12.3. The Labute approximate surface area is 173 Å². The number of amides is 1. The number of hydrogen-bond acceptors (Lipinski definition) is 5. The van der Waals surface area contributed by atoms with Crippen molar-refractivity contribution >= 4 is 22.5 Å². The van der Waals surface area contributed by atoms with E-state index in [-0.39, 0.29) is 18.3 Å². The van der Waals surface area contributed by atoms with E-state index in [0.29, 0.717) is 12.2 Å². The van der Waals surface area contributed by atoms with Gasteiger partial charge in [0.2, 0.25) is 5.88 Å². The van der Waals surface area contributed by atoms with Crippen LogP contribution in [-0.2, 0) is 11.3 Å². The van der Waals surface area contributed by atoms with Crippen LogP contribution in [0.15, 0.2) is 34.5 Å². The lowest BCUT2D eigenvalue weighted by molar-refractivity contribution is -0.119. The topological polar surface area (TPSA) is 73.4 Å². The number of para-hydroxylation sites is 1. The van der Waals surface area contributed by atoms with Crippen molar-refractivity contribution in [1.82, 2.24) is 14.4 Å². The highest BCUT2D eigenvalue weighted by atomic mass is 16.3. The maximum Gasteiger partial charge on any atom is 0.278 e. The molecule has 7 nitrogen and oxygen atoms in total. The Morgan fingerprint density at radius 2 is 1.90 bits per heavy atom. The highest BCUT2D eigenvalue weighted by Crippen LogP contribution is 2.38. The van der Waals surface area contributed by atoms with Gasteiger partial charge in [-0.15, -0.1) is 10.2 Å². The van der Waals surface area contributed by atoms with Gasteiger partial charge in [0.05, 0.1) is 12.1 Å². The molecule has 1 fully saturated rings. The molecule has 2 heterocycles. The van der Waals surface area contributed by atoms with Crippen LogP contribution in [-0.4, -0.2) is 64.6 Å². The third kappa shape index (κ3) is 5.22. The number of hydrogen-bond donors (Lipinski definition) is 1. The van der Waals surface area contributed by atoms with Crippen LogP contribution in [0.5, 0.6) is 5.88 Å². The fourth-order valence-corrected chi connectivity index (χ4v) is 3.93. The second-order valence-electron chi connectivity index (χ2n) is 7.92. The molecule has 7 heteroatoms. The van der Waals surface area contributed by atoms with Gasteiger partial charge < -0.3 is 14.6 Å². The van der Waals surface area contributed by atoms with Gasteiger partial charge in [-0.1, -0.05) is 39.0 Å². The molecule has 1 aliphatic heterocycles. The van der Waals surface area contributed by atoms with Crippen LogP contribution in [0.4, 0.5) is 5.69 Å². The van der Waals surface area contributed by atoms with Crippen molar-refractivity contribution in [3.63, 3.8) is 0 Å². The first-order chi connectivity index (χ1) is 14.0. The van der Waals surface area contributed by atoms with Crippen LogP contribution in [0.1, 0.15) is 33.6 Å². The van der Waals surface area contributed by atoms with Gasteiger partial charge in [0.25, 0.3) is 5.91 Å². The lowest BCUT2D eigenvalue weighted by Gasteiger charge is -2.28. The average molecular weight is 400 g/mol. The molecule has 2 aromatic rings. The quantitative estimate of drug-likeness (QED) is 0.680. The van der Waals surface area contributed by atoms with Crippen LogP contribution in [0.2, 0.25) is 0 Å². The van der Waals surface area contributed by atoms with Crippen LogP contribution in [0.3, 0.4) is 0 Å². The molecule has 0 bridgehead atoms. The van der Waals surface area contributed by atoms with Gasteiger partial charge in [0.15, 0.2) is 5.69 Å². The Hall–Kier alpha value is -2.25. The van der Waals surface area contributed by atoms with Gasteiger partial charge in [0.1, 0.15) is 0 Å². The van der Waals surface area contributed by atoms with E-state index < -0.39 is 0 Å². The number of piperidine rings is 1. The number of likely N-dealkylation sites (N-methyl/N-ethyl adjacent to an activating group) is 1. The Morgan fingerprint density at radius 1 is 1.21 bits per heavy atom. The SMILES string of the molecule is CCN(CC)CCn1c(O)c(N=NC(=O)CN2CCC(C)CC2)c2ccccc21. The van der Waals surface area contributed by atoms with Crippen molar-refractivity contribution in [3.05, 3.63) is 24.3 Å². The van der Waals surface area contributed by atoms with Gasteiger partial charge in [-0.3, -0.25) is 9.69 Å². The highest BCUT2D eigenvalue weighted by Gasteiger charge is 2.19. The molecule has 1 N–H and O–H groups in total. The van der Waals surface area contributed by atoms with E-state index in [1.165, 1.54) is 0 Å². The van der Waals surface area contributed by atoms with Crippen LogP contribution >= 0.6 is 0 Å². The first-order valence-electron chi connectivity index (χ1n) is 10.7. The normalized spacial score (nSPS) is 16.4. The minimum absolute atomic E-state index is 0.0710. The molecule has 0 saturated carbocycles. The van der Waals surface area contributed by atoms with Gasteiger partial charge in [-0.2, -0.15) is 0 Å². The number of fused-ring (bicyclic) bond motifs is 1. The molecule has 1 aromatic carbocycles. The Morgan fingerprint density at radius 3 is 2.59 bits per heavy atom. The predicted molar refractivity (Wildman–Crippen MR) is 116 cm³/mol. The van der Waals surface area contributed by atoms with E-state index in [0.717, 1.165) is 62.4 Å². The number of carbonyl (C=O) groups excluding carboxylic acids is 1. The van der Waals surface area contributed by atoms with Crippen LogP contribution in [0, 0.1) is 5.92 Å². The number of carbonyl (C=O) groups is 1. The summed E-state index contributed by atoms with van der Waals surface area (Å²) >= 11 is 0. The fourth-order valence-electron chi connectivity index (χ4n) is 3.93. The summed E-state index contributed by atoms with van der Waals surface area (Å²) in [6.45, 7) is 12.1. The molecule has 29 heavy (non-hydrogen) atoms. The largest absolute Gasteiger partial charge is 0.493 e. The third-order valence-electron chi connectivity index (χ3n) is 5.95. The summed E-state index contributed by atoms with van der Waals surface area (Å²) in [5, 5.41) is 19.7. The van der Waals surface area contributed by atoms with Crippen LogP contribution < -0.4 is 0 Å². The van der Waals surface area contributed by atoms with Gasteiger partial charge in [-0.05, 0) is 51.0 Å². The van der Waals surface area contributed by atoms with Gasteiger partial charge >= 0.3 is 0 Å². The van der Waals surface area contributed by atoms with Crippen molar-refractivity contribution in [1.29, 1.82) is 0 Å². The predicted octanol–water partition coefficient (Wildman–Crippen LogP) is 4.03. The summed E-state index contributed by atoms with van der Waals surface area (Å²) in [4.78, 5) is 16.8. The van der Waals surface area contributed by atoms with E-state index in [1.807, 2.05) is 28.8 Å². The molecular formula is C22H33N5O2. The number of rotatable bonds is 8. The zero-order valence-corrected chi connectivity index (χ0v) is 17.8. The number of azo groups is 1. The van der Waals surface area contributed by atoms with Gasteiger partial charge in [0, 0.05) is 18.5 Å². The first-order valence-corrected chi connectivity index (χ1v) is 10.7. The number of aromatic hydroxyl groups is 1. The third-order valence-corrected chi connectivity index (χ3v) is 5.95. The molecule has 1 aliphatic rings. The van der Waals surface area contributed by atoms with Crippen molar-refractivity contribution in [3.8, 4) is 5.88 Å². The highest BCUT2D eigenvalue weighted by molar-refractivity contribution is 5.95. The molecule has 0 atom stereocenters. The summed E-state index contributed by atoms with van der Waals surface area (Å²) in [5.74, 6) is 0.531. The Kier molecular flexibility index (Phi) is 7.39. The van der Waals surface area contributed by atoms with E-state index in [4.69, 9.17) is 0 Å². The minimum atomic E-state index is -0.265. The summed E-state index contributed by atoms with van der Waals surface area (Å²) in [6, 6.07) is 7.73. The van der Waals surface area contributed by atoms with Crippen molar-refractivity contribution in [2.75, 3.05) is 39.3 Å². The number of nitrogens with zero attached hydrogens (tertiary/aromatic N) is 5. The average Bonchev–Trinajstić information content (AvgIpc) is 3.00. The standard InChI is InChI=1S/C22H33N5O2/c1-4-25(5-2)14-15-27-19-9-7-6-8-18(19)21(22(27)29)24-23-20(28)16-26-12-10-17(3)11-13-26/h6-9,17,29H,4-5,10-16H2,1-3H3. The van der Waals surface area contributed by atoms with Crippen molar-refractivity contribution in [2.45, 2.75) is 40.2 Å². The second kappa shape index (κ2) is 9.98. The van der Waals surface area contributed by atoms with Crippen molar-refractivity contribution < 1.29 is 9.90 Å².